The van der Waals surface area contributed by atoms with Crippen molar-refractivity contribution in [2.75, 3.05) is 0 Å². The molecule has 3 aromatic rings. The van der Waals surface area contributed by atoms with Crippen LogP contribution in [0.2, 0.25) is 10.0 Å². The maximum absolute atomic E-state index is 10.5. The first-order chi connectivity index (χ1) is 9.66. The van der Waals surface area contributed by atoms with Crippen LogP contribution in [0.4, 0.5) is 0 Å². The van der Waals surface area contributed by atoms with E-state index in [0.29, 0.717) is 15.6 Å². The van der Waals surface area contributed by atoms with Crippen LogP contribution < -0.4 is 0 Å². The number of halogens is 2. The Labute approximate surface area is 127 Å². The van der Waals surface area contributed by atoms with Gasteiger partial charge < -0.3 is 5.11 Å². The van der Waals surface area contributed by atoms with E-state index < -0.39 is 6.10 Å². The van der Waals surface area contributed by atoms with Crippen LogP contribution in [-0.2, 0) is 0 Å². The molecule has 0 saturated heterocycles. The molecule has 3 aromatic carbocycles. The summed E-state index contributed by atoms with van der Waals surface area (Å²) in [6, 6.07) is 19.1. The van der Waals surface area contributed by atoms with Crippen LogP contribution in [0.25, 0.3) is 10.8 Å². The molecule has 0 heterocycles. The summed E-state index contributed by atoms with van der Waals surface area (Å²) in [7, 11) is 0. The second-order valence-electron chi connectivity index (χ2n) is 4.64. The van der Waals surface area contributed by atoms with Crippen LogP contribution >= 0.6 is 23.2 Å². The van der Waals surface area contributed by atoms with Gasteiger partial charge in [-0.1, -0.05) is 65.7 Å². The fraction of sp³-hybridized carbons (Fsp3) is 0.0588. The van der Waals surface area contributed by atoms with Crippen LogP contribution in [0.15, 0.2) is 60.7 Å². The van der Waals surface area contributed by atoms with Gasteiger partial charge in [-0.25, -0.2) is 0 Å². The van der Waals surface area contributed by atoms with E-state index in [2.05, 4.69) is 0 Å². The molecule has 0 aromatic heterocycles. The molecular formula is C17H12Cl2O. The van der Waals surface area contributed by atoms with Gasteiger partial charge in [0.1, 0.15) is 6.10 Å². The summed E-state index contributed by atoms with van der Waals surface area (Å²) in [6.07, 6.45) is -0.833. The molecule has 0 spiro atoms. The maximum Gasteiger partial charge on any atom is 0.107 e. The van der Waals surface area contributed by atoms with Gasteiger partial charge >= 0.3 is 0 Å². The molecule has 0 bridgehead atoms. The largest absolute Gasteiger partial charge is 0.384 e. The first-order valence-corrected chi connectivity index (χ1v) is 7.03. The Morgan fingerprint density at radius 2 is 1.40 bits per heavy atom. The van der Waals surface area contributed by atoms with Crippen LogP contribution in [0.5, 0.6) is 0 Å². The summed E-state index contributed by atoms with van der Waals surface area (Å²) in [5, 5.41) is 13.7. The molecule has 0 aliphatic carbocycles. The molecule has 0 fully saturated rings. The number of aliphatic hydroxyl groups is 1. The molecule has 0 aliphatic rings. The Balaban J connectivity index is 2.10. The van der Waals surface area contributed by atoms with Crippen molar-refractivity contribution in [3.63, 3.8) is 0 Å². The number of hydrogen-bond acceptors (Lipinski definition) is 1. The van der Waals surface area contributed by atoms with Crippen molar-refractivity contribution in [1.29, 1.82) is 0 Å². The number of hydrogen-bond donors (Lipinski definition) is 1. The molecule has 100 valence electrons. The second kappa shape index (κ2) is 5.45. The van der Waals surface area contributed by atoms with E-state index in [1.807, 2.05) is 42.5 Å². The minimum absolute atomic E-state index is 0.471. The molecule has 0 amide bonds. The highest BCUT2D eigenvalue weighted by Gasteiger charge is 2.17. The van der Waals surface area contributed by atoms with Gasteiger partial charge in [0.15, 0.2) is 0 Å². The minimum atomic E-state index is -0.833. The van der Waals surface area contributed by atoms with E-state index >= 15 is 0 Å². The molecule has 1 N–H and O–H groups in total. The van der Waals surface area contributed by atoms with Crippen molar-refractivity contribution in [2.24, 2.45) is 0 Å². The summed E-state index contributed by atoms with van der Waals surface area (Å²) in [6.45, 7) is 0. The highest BCUT2D eigenvalue weighted by molar-refractivity contribution is 6.36. The predicted molar refractivity (Wildman–Crippen MR) is 84.5 cm³/mol. The van der Waals surface area contributed by atoms with Crippen molar-refractivity contribution < 1.29 is 5.11 Å². The van der Waals surface area contributed by atoms with Gasteiger partial charge in [0.05, 0.1) is 0 Å². The first-order valence-electron chi connectivity index (χ1n) is 6.27. The maximum atomic E-state index is 10.5. The molecule has 0 aliphatic heterocycles. The number of fused-ring (bicyclic) bond motifs is 1. The average molecular weight is 303 g/mol. The molecule has 0 saturated carbocycles. The van der Waals surface area contributed by atoms with E-state index in [0.717, 1.165) is 16.3 Å². The molecule has 0 radical (unpaired) electrons. The van der Waals surface area contributed by atoms with Crippen molar-refractivity contribution >= 4 is 34.0 Å². The Bertz CT molecular complexity index is 748. The molecular weight excluding hydrogens is 291 g/mol. The fourth-order valence-corrected chi connectivity index (χ4v) is 2.92. The lowest BCUT2D eigenvalue weighted by molar-refractivity contribution is 0.220. The molecule has 1 atom stereocenters. The third kappa shape index (κ3) is 2.40. The van der Waals surface area contributed by atoms with Gasteiger partial charge in [-0.3, -0.25) is 0 Å². The van der Waals surface area contributed by atoms with E-state index in [-0.39, 0.29) is 0 Å². The van der Waals surface area contributed by atoms with Gasteiger partial charge in [-0.2, -0.15) is 0 Å². The van der Waals surface area contributed by atoms with Crippen molar-refractivity contribution in [3.8, 4) is 0 Å². The lowest BCUT2D eigenvalue weighted by Crippen LogP contribution is -2.01. The topological polar surface area (TPSA) is 20.2 Å². The van der Waals surface area contributed by atoms with Gasteiger partial charge in [0, 0.05) is 15.6 Å². The summed E-state index contributed by atoms with van der Waals surface area (Å²) in [5.41, 5.74) is 1.32. The van der Waals surface area contributed by atoms with Crippen molar-refractivity contribution in [1.82, 2.24) is 0 Å². The summed E-state index contributed by atoms with van der Waals surface area (Å²) >= 11 is 12.3. The fourth-order valence-electron chi connectivity index (χ4n) is 2.32. The lowest BCUT2D eigenvalue weighted by atomic mass is 9.98. The van der Waals surface area contributed by atoms with E-state index in [1.165, 1.54) is 0 Å². The Morgan fingerprint density at radius 3 is 2.10 bits per heavy atom. The summed E-state index contributed by atoms with van der Waals surface area (Å²) in [4.78, 5) is 0. The van der Waals surface area contributed by atoms with Gasteiger partial charge in [-0.15, -0.1) is 0 Å². The van der Waals surface area contributed by atoms with Crippen molar-refractivity contribution in [2.45, 2.75) is 6.10 Å². The highest BCUT2D eigenvalue weighted by Crippen LogP contribution is 2.34. The van der Waals surface area contributed by atoms with Gasteiger partial charge in [0.2, 0.25) is 0 Å². The van der Waals surface area contributed by atoms with Crippen molar-refractivity contribution in [3.05, 3.63) is 81.8 Å². The molecule has 3 heteroatoms. The third-order valence-corrected chi connectivity index (χ3v) is 4.02. The Hall–Kier alpha value is -1.54. The average Bonchev–Trinajstić information content (AvgIpc) is 2.46. The summed E-state index contributed by atoms with van der Waals surface area (Å²) in [5.74, 6) is 0. The number of aliphatic hydroxyl groups excluding tert-OH is 1. The Morgan fingerprint density at radius 1 is 0.750 bits per heavy atom. The third-order valence-electron chi connectivity index (χ3n) is 3.36. The highest BCUT2D eigenvalue weighted by atomic mass is 35.5. The zero-order chi connectivity index (χ0) is 14.1. The van der Waals surface area contributed by atoms with Gasteiger partial charge in [-0.05, 0) is 34.5 Å². The van der Waals surface area contributed by atoms with Crippen LogP contribution in [0, 0.1) is 0 Å². The number of rotatable bonds is 2. The second-order valence-corrected chi connectivity index (χ2v) is 5.46. The first kappa shape index (κ1) is 13.4. The van der Waals surface area contributed by atoms with E-state index in [1.54, 1.807) is 18.2 Å². The summed E-state index contributed by atoms with van der Waals surface area (Å²) < 4.78 is 0. The van der Waals surface area contributed by atoms with E-state index in [4.69, 9.17) is 23.2 Å². The molecule has 3 rings (SSSR count). The predicted octanol–water partition coefficient (Wildman–Crippen LogP) is 5.23. The quantitative estimate of drug-likeness (QED) is 0.687. The minimum Gasteiger partial charge on any atom is -0.384 e. The standard InChI is InChI=1S/C17H12Cl2O/c18-14-6-3-7-15(19)16(14)17(20)13-9-8-11-4-1-2-5-12(11)10-13/h1-10,17,20H. The van der Waals surface area contributed by atoms with Crippen LogP contribution in [0.3, 0.4) is 0 Å². The lowest BCUT2D eigenvalue weighted by Gasteiger charge is -2.15. The van der Waals surface area contributed by atoms with Crippen LogP contribution in [0.1, 0.15) is 17.2 Å². The SMILES string of the molecule is OC(c1ccc2ccccc2c1)c1c(Cl)cccc1Cl. The smallest absolute Gasteiger partial charge is 0.107 e. The number of benzene rings is 3. The molecule has 1 nitrogen and oxygen atoms in total. The van der Waals surface area contributed by atoms with E-state index in [9.17, 15) is 5.11 Å². The monoisotopic (exact) mass is 302 g/mol. The Kier molecular flexibility index (Phi) is 3.66. The zero-order valence-corrected chi connectivity index (χ0v) is 12.1. The normalized spacial score (nSPS) is 12.6. The van der Waals surface area contributed by atoms with Gasteiger partial charge in [0.25, 0.3) is 0 Å². The molecule has 1 unspecified atom stereocenters. The van der Waals surface area contributed by atoms with Crippen LogP contribution in [-0.4, -0.2) is 5.11 Å². The molecule has 20 heavy (non-hydrogen) atoms. The zero-order valence-electron chi connectivity index (χ0n) is 10.6.